The summed E-state index contributed by atoms with van der Waals surface area (Å²) in [6.07, 6.45) is 5.01. The molecule has 9 heteroatoms. The second-order valence-electron chi connectivity index (χ2n) is 4.48. The Morgan fingerprint density at radius 3 is 2.00 bits per heavy atom. The van der Waals surface area contributed by atoms with Crippen LogP contribution in [0.3, 0.4) is 0 Å². The van der Waals surface area contributed by atoms with Crippen LogP contribution in [0.2, 0.25) is 0 Å². The van der Waals surface area contributed by atoms with Crippen molar-refractivity contribution in [3.63, 3.8) is 0 Å². The molecule has 2 rings (SSSR count). The Balaban J connectivity index is 0.000000509. The Hall–Kier alpha value is -1.41. The maximum Gasteiger partial charge on any atom is 0.333 e. The van der Waals surface area contributed by atoms with E-state index < -0.39 is 29.6 Å². The van der Waals surface area contributed by atoms with E-state index in [0.717, 1.165) is 25.0 Å². The van der Waals surface area contributed by atoms with Crippen molar-refractivity contribution in [3.05, 3.63) is 24.4 Å². The van der Waals surface area contributed by atoms with Crippen LogP contribution in [0.25, 0.3) is 5.32 Å². The van der Waals surface area contributed by atoms with Crippen LogP contribution in [0, 0.1) is 6.92 Å². The zero-order chi connectivity index (χ0) is 16.5. The first-order valence-electron chi connectivity index (χ1n) is 6.77. The number of hydrogen-bond acceptors (Lipinski definition) is 6. The van der Waals surface area contributed by atoms with Gasteiger partial charge in [-0.3, -0.25) is 9.59 Å². The second-order valence-corrected chi connectivity index (χ2v) is 4.48. The minimum absolute atomic E-state index is 0. The molecule has 0 aromatic carbocycles. The topological polar surface area (TPSA) is 112 Å². The second kappa shape index (κ2) is 11.2. The number of nitrogens with zero attached hydrogens (tertiary/aromatic N) is 2. The number of carbonyl (C=O) groups excluding carboxylic acids is 5. The Labute approximate surface area is 158 Å². The minimum atomic E-state index is -0.535. The number of unbranched alkanes of at least 4 members (excludes halogenated alkanes) is 2. The predicted octanol–water partition coefficient (Wildman–Crippen LogP) is 0.969. The fourth-order valence-electron chi connectivity index (χ4n) is 1.58. The summed E-state index contributed by atoms with van der Waals surface area (Å²) in [5.74, 6) is -2.32. The van der Waals surface area contributed by atoms with Gasteiger partial charge in [0.05, 0.1) is 11.8 Å². The molecule has 1 saturated heterocycles. The van der Waals surface area contributed by atoms with Gasteiger partial charge in [0, 0.05) is 52.0 Å². The summed E-state index contributed by atoms with van der Waals surface area (Å²) in [7, 11) is 0. The minimum Gasteiger partial charge on any atom is -0.589 e. The molecule has 0 saturated carbocycles. The van der Waals surface area contributed by atoms with Gasteiger partial charge in [-0.2, -0.15) is 6.42 Å². The quantitative estimate of drug-likeness (QED) is 0.388. The van der Waals surface area contributed by atoms with Crippen molar-refractivity contribution < 1.29 is 61.5 Å². The molecule has 0 unspecified atom stereocenters. The molecule has 0 bridgehead atoms. The number of hydroxylamine groups is 2. The first-order valence-corrected chi connectivity index (χ1v) is 6.77. The summed E-state index contributed by atoms with van der Waals surface area (Å²) in [6.45, 7) is 3.64. The fourth-order valence-corrected chi connectivity index (χ4v) is 1.58. The fraction of sp³-hybridized carbons (Fsp3) is 0.429. The van der Waals surface area contributed by atoms with Crippen molar-refractivity contribution in [3.8, 4) is 0 Å². The largest absolute Gasteiger partial charge is 0.589 e. The van der Waals surface area contributed by atoms with E-state index in [4.69, 9.17) is 0 Å². The van der Waals surface area contributed by atoms with Gasteiger partial charge in [-0.05, 0) is 18.6 Å². The summed E-state index contributed by atoms with van der Waals surface area (Å²) < 4.78 is 0. The van der Waals surface area contributed by atoms with E-state index >= 15 is 0 Å². The van der Waals surface area contributed by atoms with Crippen molar-refractivity contribution in [2.75, 3.05) is 0 Å². The van der Waals surface area contributed by atoms with Gasteiger partial charge in [0.15, 0.2) is 0 Å². The van der Waals surface area contributed by atoms with Crippen LogP contribution >= 0.6 is 0 Å². The smallest absolute Gasteiger partial charge is 0.333 e. The molecule has 2 heterocycles. The number of rotatable bonds is 5. The zero-order valence-corrected chi connectivity index (χ0v) is 15.4. The molecule has 123 valence electrons. The molecule has 1 fully saturated rings. The normalized spacial score (nSPS) is 15.8. The maximum atomic E-state index is 11.2. The van der Waals surface area contributed by atoms with Gasteiger partial charge in [-0.25, -0.2) is 4.79 Å². The molecule has 2 aliphatic rings. The van der Waals surface area contributed by atoms with Crippen LogP contribution in [0.5, 0.6) is 0 Å². The molecule has 0 N–H and O–H groups in total. The Morgan fingerprint density at radius 1 is 1.09 bits per heavy atom. The monoisotopic (exact) mass is 397 g/mol. The van der Waals surface area contributed by atoms with Crippen LogP contribution in [-0.2, 0) is 61.5 Å². The SMILES string of the molecule is O=C1C=CC(=O)[N-]1.[CH2-]CCCCC(=O)ON1C(=O)CCC1=O.[Y]. The van der Waals surface area contributed by atoms with Crippen LogP contribution < -0.4 is 0 Å². The summed E-state index contributed by atoms with van der Waals surface area (Å²) in [4.78, 5) is 57.9. The van der Waals surface area contributed by atoms with Crippen molar-refractivity contribution in [2.24, 2.45) is 0 Å². The number of hydrogen-bond donors (Lipinski definition) is 0. The third-order valence-electron chi connectivity index (χ3n) is 2.67. The Kier molecular flexibility index (Phi) is 10.5. The van der Waals surface area contributed by atoms with Crippen LogP contribution in [0.4, 0.5) is 0 Å². The Morgan fingerprint density at radius 2 is 1.61 bits per heavy atom. The first kappa shape index (κ1) is 21.6. The molecule has 23 heavy (non-hydrogen) atoms. The number of imide groups is 2. The van der Waals surface area contributed by atoms with Gasteiger partial charge < -0.3 is 26.7 Å². The van der Waals surface area contributed by atoms with E-state index in [9.17, 15) is 24.0 Å². The molecule has 4 amide bonds. The molecule has 0 spiro atoms. The van der Waals surface area contributed by atoms with E-state index in [1.165, 1.54) is 0 Å². The average molecular weight is 397 g/mol. The van der Waals surface area contributed by atoms with E-state index in [-0.39, 0.29) is 52.0 Å². The molecule has 0 aromatic rings. The molecular formula is C14H16N2O6Y-2. The van der Waals surface area contributed by atoms with Gasteiger partial charge >= 0.3 is 5.97 Å². The molecular weight excluding hydrogens is 381 g/mol. The summed E-state index contributed by atoms with van der Waals surface area (Å²) in [5, 5.41) is 3.58. The van der Waals surface area contributed by atoms with Gasteiger partial charge in [0.1, 0.15) is 0 Å². The summed E-state index contributed by atoms with van der Waals surface area (Å²) in [5.41, 5.74) is 0. The molecule has 2 aliphatic heterocycles. The zero-order valence-electron chi connectivity index (χ0n) is 12.5. The van der Waals surface area contributed by atoms with E-state index in [1.54, 1.807) is 0 Å². The Bertz CT molecular complexity index is 485. The third-order valence-corrected chi connectivity index (χ3v) is 2.67. The van der Waals surface area contributed by atoms with Gasteiger partial charge in [0.25, 0.3) is 11.8 Å². The van der Waals surface area contributed by atoms with Gasteiger partial charge in [0.2, 0.25) is 0 Å². The standard InChI is InChI=1S/C10H14NO4.C4H3NO2.Y/c1-2-3-4-5-10(14)15-11-8(12)6-7-9(11)13;6-3-1-2-4(7)5-3;/h1-7H2;1-2H,(H,5,6,7);/q-1;;/p-1. The van der Waals surface area contributed by atoms with Crippen molar-refractivity contribution in [1.82, 2.24) is 5.06 Å². The average Bonchev–Trinajstić information content (AvgIpc) is 2.99. The molecule has 0 aromatic heterocycles. The number of amides is 4. The van der Waals surface area contributed by atoms with E-state index in [0.29, 0.717) is 11.5 Å². The summed E-state index contributed by atoms with van der Waals surface area (Å²) >= 11 is 0. The van der Waals surface area contributed by atoms with Crippen LogP contribution in [0.15, 0.2) is 12.2 Å². The molecule has 0 atom stereocenters. The van der Waals surface area contributed by atoms with Crippen molar-refractivity contribution >= 4 is 29.6 Å². The molecule has 1 radical (unpaired) electrons. The predicted molar refractivity (Wildman–Crippen MR) is 73.5 cm³/mol. The van der Waals surface area contributed by atoms with Gasteiger partial charge in [-0.15, -0.1) is 5.06 Å². The number of carbonyl (C=O) groups is 5. The van der Waals surface area contributed by atoms with Crippen molar-refractivity contribution in [1.29, 1.82) is 0 Å². The van der Waals surface area contributed by atoms with E-state index in [1.807, 2.05) is 0 Å². The summed E-state index contributed by atoms with van der Waals surface area (Å²) in [6, 6.07) is 0. The van der Waals surface area contributed by atoms with Crippen LogP contribution in [-0.4, -0.2) is 34.7 Å². The van der Waals surface area contributed by atoms with Gasteiger partial charge in [-0.1, -0.05) is 6.42 Å². The molecule has 0 aliphatic carbocycles. The van der Waals surface area contributed by atoms with Crippen molar-refractivity contribution in [2.45, 2.75) is 38.5 Å². The first-order chi connectivity index (χ1) is 10.4. The third kappa shape index (κ3) is 8.13. The van der Waals surface area contributed by atoms with E-state index in [2.05, 4.69) is 17.1 Å². The van der Waals surface area contributed by atoms with Crippen LogP contribution in [0.1, 0.15) is 38.5 Å². The maximum absolute atomic E-state index is 11.2. The molecule has 8 nitrogen and oxygen atoms in total.